The van der Waals surface area contributed by atoms with Gasteiger partial charge in [0.05, 0.1) is 17.4 Å². The van der Waals surface area contributed by atoms with Crippen LogP contribution in [-0.2, 0) is 0 Å². The highest BCUT2D eigenvalue weighted by Gasteiger charge is 2.12. The summed E-state index contributed by atoms with van der Waals surface area (Å²) >= 11 is 0. The van der Waals surface area contributed by atoms with E-state index in [4.69, 9.17) is 6.42 Å². The van der Waals surface area contributed by atoms with Crippen molar-refractivity contribution < 1.29 is 0 Å². The highest BCUT2D eigenvalue weighted by atomic mass is 15.3. The van der Waals surface area contributed by atoms with Crippen LogP contribution in [0.5, 0.6) is 0 Å². The highest BCUT2D eigenvalue weighted by Crippen LogP contribution is 2.16. The third-order valence-electron chi connectivity index (χ3n) is 2.95. The molecule has 1 atom stereocenters. The number of nitrogens with zero attached hydrogens (tertiary/aromatic N) is 2. The van der Waals surface area contributed by atoms with Crippen LogP contribution >= 0.6 is 0 Å². The average Bonchev–Trinajstić information content (AvgIpc) is 2.94. The topological polar surface area (TPSA) is 29.9 Å². The van der Waals surface area contributed by atoms with Gasteiger partial charge in [0.15, 0.2) is 0 Å². The summed E-state index contributed by atoms with van der Waals surface area (Å²) in [4.78, 5) is 0. The van der Waals surface area contributed by atoms with Crippen molar-refractivity contribution in [2.45, 2.75) is 25.8 Å². The van der Waals surface area contributed by atoms with Crippen LogP contribution in [0.15, 0.2) is 42.6 Å². The molecule has 0 aliphatic carbocycles. The number of terminal acetylenes is 1. The molecule has 1 aromatic heterocycles. The zero-order valence-electron chi connectivity index (χ0n) is 11.2. The minimum Gasteiger partial charge on any atom is -0.308 e. The number of aromatic nitrogens is 2. The van der Waals surface area contributed by atoms with Gasteiger partial charge in [-0.2, -0.15) is 5.10 Å². The lowest BCUT2D eigenvalue weighted by molar-refractivity contribution is 0.526. The van der Waals surface area contributed by atoms with Crippen molar-refractivity contribution >= 4 is 0 Å². The van der Waals surface area contributed by atoms with Crippen LogP contribution in [0.2, 0.25) is 0 Å². The number of para-hydroxylation sites is 1. The van der Waals surface area contributed by atoms with E-state index in [1.807, 2.05) is 47.3 Å². The maximum Gasteiger partial charge on any atom is 0.0808 e. The second kappa shape index (κ2) is 6.77. The van der Waals surface area contributed by atoms with Crippen LogP contribution in [0.1, 0.15) is 31.5 Å². The molecular weight excluding hydrogens is 234 g/mol. The van der Waals surface area contributed by atoms with E-state index in [1.165, 1.54) is 0 Å². The van der Waals surface area contributed by atoms with Crippen LogP contribution < -0.4 is 5.32 Å². The molecule has 0 spiro atoms. The van der Waals surface area contributed by atoms with Gasteiger partial charge in [-0.3, -0.25) is 0 Å². The van der Waals surface area contributed by atoms with E-state index < -0.39 is 0 Å². The first-order chi connectivity index (χ1) is 9.35. The smallest absolute Gasteiger partial charge is 0.0808 e. The van der Waals surface area contributed by atoms with Crippen molar-refractivity contribution in [1.29, 1.82) is 0 Å². The number of rotatable bonds is 6. The van der Waals surface area contributed by atoms with Gasteiger partial charge in [0, 0.05) is 12.6 Å². The Morgan fingerprint density at radius 1 is 1.32 bits per heavy atom. The number of nitrogens with one attached hydrogen (secondary N) is 1. The van der Waals surface area contributed by atoms with Crippen molar-refractivity contribution in [3.8, 4) is 18.0 Å². The molecule has 2 rings (SSSR count). The van der Waals surface area contributed by atoms with E-state index in [0.717, 1.165) is 24.3 Å². The molecule has 0 radical (unpaired) electrons. The van der Waals surface area contributed by atoms with Gasteiger partial charge in [-0.25, -0.2) is 4.68 Å². The van der Waals surface area contributed by atoms with Crippen LogP contribution in [0.25, 0.3) is 5.69 Å². The summed E-state index contributed by atoms with van der Waals surface area (Å²) < 4.78 is 1.88. The minimum absolute atomic E-state index is 0.134. The Hall–Kier alpha value is -2.05. The molecule has 0 bridgehead atoms. The van der Waals surface area contributed by atoms with Gasteiger partial charge in [0.2, 0.25) is 0 Å². The van der Waals surface area contributed by atoms with Crippen LogP contribution in [-0.4, -0.2) is 16.3 Å². The van der Waals surface area contributed by atoms with Gasteiger partial charge in [-0.1, -0.05) is 25.1 Å². The quantitative estimate of drug-likeness (QED) is 0.802. The van der Waals surface area contributed by atoms with Crippen molar-refractivity contribution in [1.82, 2.24) is 15.1 Å². The van der Waals surface area contributed by atoms with Crippen LogP contribution in [0, 0.1) is 12.3 Å². The Balaban J connectivity index is 2.16. The van der Waals surface area contributed by atoms with Crippen molar-refractivity contribution in [3.05, 3.63) is 48.3 Å². The molecule has 0 aliphatic rings. The number of hydrogen-bond acceptors (Lipinski definition) is 2. The molecule has 0 saturated carbocycles. The SMILES string of the molecule is C#CCC(NCCC)c1ccn(-c2ccccc2)n1. The summed E-state index contributed by atoms with van der Waals surface area (Å²) in [5, 5.41) is 8.04. The second-order valence-corrected chi connectivity index (χ2v) is 4.44. The molecule has 98 valence electrons. The van der Waals surface area contributed by atoms with Crippen LogP contribution in [0.3, 0.4) is 0 Å². The predicted octanol–water partition coefficient (Wildman–Crippen LogP) is 2.94. The van der Waals surface area contributed by atoms with E-state index in [2.05, 4.69) is 23.3 Å². The van der Waals surface area contributed by atoms with Gasteiger partial charge >= 0.3 is 0 Å². The van der Waals surface area contributed by atoms with E-state index >= 15 is 0 Å². The molecule has 2 aromatic rings. The molecule has 1 unspecified atom stereocenters. The number of hydrogen-bond donors (Lipinski definition) is 1. The maximum absolute atomic E-state index is 5.43. The molecule has 3 nitrogen and oxygen atoms in total. The Bertz CT molecular complexity index is 537. The van der Waals surface area contributed by atoms with E-state index in [-0.39, 0.29) is 6.04 Å². The predicted molar refractivity (Wildman–Crippen MR) is 78.0 cm³/mol. The minimum atomic E-state index is 0.134. The van der Waals surface area contributed by atoms with E-state index in [0.29, 0.717) is 6.42 Å². The molecule has 19 heavy (non-hydrogen) atoms. The summed E-state index contributed by atoms with van der Waals surface area (Å²) in [6.45, 7) is 3.09. The maximum atomic E-state index is 5.43. The number of benzene rings is 1. The first-order valence-electron chi connectivity index (χ1n) is 6.63. The first-order valence-corrected chi connectivity index (χ1v) is 6.63. The fraction of sp³-hybridized carbons (Fsp3) is 0.312. The average molecular weight is 253 g/mol. The highest BCUT2D eigenvalue weighted by molar-refractivity contribution is 5.30. The van der Waals surface area contributed by atoms with Crippen molar-refractivity contribution in [2.24, 2.45) is 0 Å². The van der Waals surface area contributed by atoms with Crippen molar-refractivity contribution in [3.63, 3.8) is 0 Å². The second-order valence-electron chi connectivity index (χ2n) is 4.44. The molecular formula is C16H19N3. The lowest BCUT2D eigenvalue weighted by atomic mass is 10.1. The Morgan fingerprint density at radius 3 is 2.79 bits per heavy atom. The molecule has 0 aliphatic heterocycles. The summed E-state index contributed by atoms with van der Waals surface area (Å²) in [6.07, 6.45) is 9.15. The standard InChI is InChI=1S/C16H19N3/c1-3-8-15(17-12-4-2)16-11-13-19(18-16)14-9-6-5-7-10-14/h1,5-7,9-11,13,15,17H,4,8,12H2,2H3. The zero-order chi connectivity index (χ0) is 13.5. The molecule has 1 aromatic carbocycles. The molecule has 3 heteroatoms. The Morgan fingerprint density at radius 2 is 2.11 bits per heavy atom. The largest absolute Gasteiger partial charge is 0.308 e. The molecule has 0 saturated heterocycles. The van der Waals surface area contributed by atoms with E-state index in [1.54, 1.807) is 0 Å². The van der Waals surface area contributed by atoms with Gasteiger partial charge in [0.1, 0.15) is 0 Å². The molecule has 1 N–H and O–H groups in total. The van der Waals surface area contributed by atoms with Gasteiger partial charge in [-0.15, -0.1) is 12.3 Å². The summed E-state index contributed by atoms with van der Waals surface area (Å²) in [6, 6.07) is 12.2. The molecule has 0 fully saturated rings. The Kier molecular flexibility index (Phi) is 4.77. The van der Waals surface area contributed by atoms with Gasteiger partial charge < -0.3 is 5.32 Å². The van der Waals surface area contributed by atoms with Gasteiger partial charge in [-0.05, 0) is 31.2 Å². The van der Waals surface area contributed by atoms with E-state index in [9.17, 15) is 0 Å². The van der Waals surface area contributed by atoms with Crippen molar-refractivity contribution in [2.75, 3.05) is 6.54 Å². The monoisotopic (exact) mass is 253 g/mol. The third kappa shape index (κ3) is 3.46. The summed E-state index contributed by atoms with van der Waals surface area (Å²) in [7, 11) is 0. The Labute approximate surface area is 114 Å². The molecule has 1 heterocycles. The fourth-order valence-corrected chi connectivity index (χ4v) is 1.97. The van der Waals surface area contributed by atoms with Gasteiger partial charge in [0.25, 0.3) is 0 Å². The first kappa shape index (κ1) is 13.4. The van der Waals surface area contributed by atoms with Crippen LogP contribution in [0.4, 0.5) is 0 Å². The normalized spacial score (nSPS) is 12.0. The third-order valence-corrected chi connectivity index (χ3v) is 2.95. The fourth-order valence-electron chi connectivity index (χ4n) is 1.97. The zero-order valence-corrected chi connectivity index (χ0v) is 11.2. The summed E-state index contributed by atoms with van der Waals surface area (Å²) in [5.74, 6) is 2.71. The lowest BCUT2D eigenvalue weighted by Crippen LogP contribution is -2.22. The summed E-state index contributed by atoms with van der Waals surface area (Å²) in [5.41, 5.74) is 2.05. The lowest BCUT2D eigenvalue weighted by Gasteiger charge is -2.13. The molecule has 0 amide bonds.